The molecule has 138 valence electrons. The zero-order valence-electron chi connectivity index (χ0n) is 14.6. The number of sulfonamides is 1. The first-order chi connectivity index (χ1) is 12.5. The number of rotatable bonds is 5. The van der Waals surface area contributed by atoms with Crippen LogP contribution in [0.15, 0.2) is 40.6 Å². The maximum Gasteiger partial charge on any atom is 0.240 e. The Hall–Kier alpha value is -1.70. The van der Waals surface area contributed by atoms with E-state index in [1.54, 1.807) is 18.2 Å². The van der Waals surface area contributed by atoms with Crippen LogP contribution in [0.25, 0.3) is 0 Å². The van der Waals surface area contributed by atoms with Gasteiger partial charge in [0.25, 0.3) is 0 Å². The first-order valence-electron chi connectivity index (χ1n) is 8.94. The third-order valence-corrected chi connectivity index (χ3v) is 7.56. The van der Waals surface area contributed by atoms with Gasteiger partial charge in [-0.3, -0.25) is 4.79 Å². The molecule has 1 unspecified atom stereocenters. The zero-order chi connectivity index (χ0) is 18.3. The van der Waals surface area contributed by atoms with E-state index in [1.165, 1.54) is 11.3 Å². The summed E-state index contributed by atoms with van der Waals surface area (Å²) in [4.78, 5) is 15.8. The predicted octanol–water partition coefficient (Wildman–Crippen LogP) is 3.30. The van der Waals surface area contributed by atoms with E-state index in [4.69, 9.17) is 0 Å². The number of anilines is 1. The molecule has 0 bridgehead atoms. The number of nitrogens with zero attached hydrogens (tertiary/aromatic N) is 1. The number of nitrogens with one attached hydrogen (secondary N) is 1. The van der Waals surface area contributed by atoms with Crippen molar-refractivity contribution < 1.29 is 13.2 Å². The molecule has 7 heteroatoms. The summed E-state index contributed by atoms with van der Waals surface area (Å²) >= 11 is 1.52. The average molecular weight is 391 g/mol. The van der Waals surface area contributed by atoms with Gasteiger partial charge in [-0.15, -0.1) is 11.3 Å². The van der Waals surface area contributed by atoms with Crippen LogP contribution in [0.1, 0.15) is 36.6 Å². The number of hydrogen-bond donors (Lipinski definition) is 1. The van der Waals surface area contributed by atoms with E-state index in [0.29, 0.717) is 13.0 Å². The molecule has 0 saturated heterocycles. The summed E-state index contributed by atoms with van der Waals surface area (Å²) in [5, 5.41) is 1.92. The van der Waals surface area contributed by atoms with Gasteiger partial charge in [-0.2, -0.15) is 0 Å². The molecule has 2 aliphatic rings. The van der Waals surface area contributed by atoms with Gasteiger partial charge in [-0.05, 0) is 61.4 Å². The van der Waals surface area contributed by atoms with E-state index in [1.807, 2.05) is 29.3 Å². The Balaban J connectivity index is 1.55. The lowest BCUT2D eigenvalue weighted by molar-refractivity contribution is -0.125. The Bertz CT molecular complexity index is 918. The van der Waals surface area contributed by atoms with Gasteiger partial charge < -0.3 is 4.90 Å². The highest BCUT2D eigenvalue weighted by Crippen LogP contribution is 2.38. The van der Waals surface area contributed by atoms with E-state index < -0.39 is 10.0 Å². The van der Waals surface area contributed by atoms with E-state index >= 15 is 0 Å². The lowest BCUT2D eigenvalue weighted by atomic mass is 9.84. The van der Waals surface area contributed by atoms with Gasteiger partial charge in [0.1, 0.15) is 0 Å². The Morgan fingerprint density at radius 1 is 1.31 bits per heavy atom. The van der Waals surface area contributed by atoms with E-state index in [9.17, 15) is 13.2 Å². The van der Waals surface area contributed by atoms with E-state index in [2.05, 4.69) is 4.72 Å². The van der Waals surface area contributed by atoms with Crippen molar-refractivity contribution in [3.63, 3.8) is 0 Å². The van der Waals surface area contributed by atoms with Crippen LogP contribution in [0.3, 0.4) is 0 Å². The Kier molecular flexibility index (Phi) is 4.62. The van der Waals surface area contributed by atoms with Crippen molar-refractivity contribution in [3.05, 3.63) is 46.2 Å². The second-order valence-electron chi connectivity index (χ2n) is 7.08. The minimum atomic E-state index is -3.57. The third-order valence-electron chi connectivity index (χ3n) is 5.29. The van der Waals surface area contributed by atoms with Gasteiger partial charge in [0.15, 0.2) is 0 Å². The molecular formula is C19H22N2O3S2. The molecule has 1 atom stereocenters. The summed E-state index contributed by atoms with van der Waals surface area (Å²) in [7, 11) is -3.57. The molecule has 1 aliphatic heterocycles. The first-order valence-corrected chi connectivity index (χ1v) is 11.3. The standard InChI is InChI=1S/C19H22N2O3S2/c1-13-10-15-11-17(26(23,24)20-12-16-6-3-9-25-16)7-8-18(15)21(13)19(22)14-4-2-5-14/h3,6-9,11,13-14,20H,2,4-5,10,12H2,1H3. The van der Waals surface area contributed by atoms with Crippen molar-refractivity contribution >= 4 is 33.0 Å². The molecular weight excluding hydrogens is 368 g/mol. The number of carbonyl (C=O) groups is 1. The molecule has 0 spiro atoms. The van der Waals surface area contributed by atoms with Gasteiger partial charge in [0.05, 0.1) is 4.90 Å². The van der Waals surface area contributed by atoms with Crippen molar-refractivity contribution in [2.45, 2.75) is 50.1 Å². The maximum atomic E-state index is 12.7. The topological polar surface area (TPSA) is 66.5 Å². The van der Waals surface area contributed by atoms with Crippen molar-refractivity contribution in [2.24, 2.45) is 5.92 Å². The highest BCUT2D eigenvalue weighted by molar-refractivity contribution is 7.89. The Morgan fingerprint density at radius 2 is 2.12 bits per heavy atom. The van der Waals surface area contributed by atoms with Crippen LogP contribution >= 0.6 is 11.3 Å². The van der Waals surface area contributed by atoms with Crippen molar-refractivity contribution in [3.8, 4) is 0 Å². The molecule has 26 heavy (non-hydrogen) atoms. The molecule has 2 heterocycles. The highest BCUT2D eigenvalue weighted by Gasteiger charge is 2.37. The van der Waals surface area contributed by atoms with Crippen LogP contribution in [-0.4, -0.2) is 20.4 Å². The van der Waals surface area contributed by atoms with Crippen LogP contribution in [0.5, 0.6) is 0 Å². The second kappa shape index (κ2) is 6.79. The van der Waals surface area contributed by atoms with Crippen molar-refractivity contribution in [1.29, 1.82) is 0 Å². The van der Waals surface area contributed by atoms with Gasteiger partial charge >= 0.3 is 0 Å². The molecule has 1 saturated carbocycles. The lowest BCUT2D eigenvalue weighted by Crippen LogP contribution is -2.42. The normalized spacial score (nSPS) is 20.0. The fourth-order valence-corrected chi connectivity index (χ4v) is 5.42. The van der Waals surface area contributed by atoms with Gasteiger partial charge in [0.2, 0.25) is 15.9 Å². The number of carbonyl (C=O) groups excluding carboxylic acids is 1. The van der Waals surface area contributed by atoms with E-state index in [0.717, 1.165) is 35.4 Å². The maximum absolute atomic E-state index is 12.7. The predicted molar refractivity (Wildman–Crippen MR) is 103 cm³/mol. The fraction of sp³-hybridized carbons (Fsp3) is 0.421. The smallest absolute Gasteiger partial charge is 0.240 e. The average Bonchev–Trinajstić information content (AvgIpc) is 3.17. The lowest BCUT2D eigenvalue weighted by Gasteiger charge is -2.32. The highest BCUT2D eigenvalue weighted by atomic mass is 32.2. The van der Waals surface area contributed by atoms with Gasteiger partial charge in [-0.25, -0.2) is 13.1 Å². The largest absolute Gasteiger partial charge is 0.309 e. The van der Waals surface area contributed by atoms with Crippen LogP contribution in [0.2, 0.25) is 0 Å². The summed E-state index contributed by atoms with van der Waals surface area (Å²) in [5.74, 6) is 0.327. The summed E-state index contributed by atoms with van der Waals surface area (Å²) in [6.45, 7) is 2.32. The SMILES string of the molecule is CC1Cc2cc(S(=O)(=O)NCc3cccs3)ccc2N1C(=O)C1CCC1. The minimum absolute atomic E-state index is 0.0788. The number of thiophene rings is 1. The molecule has 1 aromatic heterocycles. The molecule has 1 aliphatic carbocycles. The molecule has 2 aromatic rings. The quantitative estimate of drug-likeness (QED) is 0.852. The van der Waals surface area contributed by atoms with Gasteiger partial charge in [-0.1, -0.05) is 12.5 Å². The van der Waals surface area contributed by atoms with E-state index in [-0.39, 0.29) is 22.8 Å². The number of hydrogen-bond acceptors (Lipinski definition) is 4. The van der Waals surface area contributed by atoms with Crippen molar-refractivity contribution in [2.75, 3.05) is 4.90 Å². The Labute approximate surface area is 158 Å². The number of fused-ring (bicyclic) bond motifs is 1. The van der Waals surface area contributed by atoms with Crippen LogP contribution in [0.4, 0.5) is 5.69 Å². The summed E-state index contributed by atoms with van der Waals surface area (Å²) in [5.41, 5.74) is 1.80. The minimum Gasteiger partial charge on any atom is -0.309 e. The van der Waals surface area contributed by atoms with Crippen molar-refractivity contribution in [1.82, 2.24) is 4.72 Å². The number of amides is 1. The van der Waals surface area contributed by atoms with Gasteiger partial charge in [0, 0.05) is 29.1 Å². The third kappa shape index (κ3) is 3.19. The molecule has 1 N–H and O–H groups in total. The molecule has 4 rings (SSSR count). The van der Waals surface area contributed by atoms with Crippen LogP contribution < -0.4 is 9.62 Å². The summed E-state index contributed by atoms with van der Waals surface area (Å²) in [6.07, 6.45) is 3.76. The monoisotopic (exact) mass is 390 g/mol. The summed E-state index contributed by atoms with van der Waals surface area (Å²) in [6, 6.07) is 9.00. The molecule has 5 nitrogen and oxygen atoms in total. The fourth-order valence-electron chi connectivity index (χ4n) is 3.62. The zero-order valence-corrected chi connectivity index (χ0v) is 16.3. The first kappa shape index (κ1) is 17.7. The second-order valence-corrected chi connectivity index (χ2v) is 9.88. The summed E-state index contributed by atoms with van der Waals surface area (Å²) < 4.78 is 27.9. The molecule has 0 radical (unpaired) electrons. The Morgan fingerprint density at radius 3 is 2.77 bits per heavy atom. The van der Waals surface area contributed by atoms with Crippen LogP contribution in [-0.2, 0) is 27.8 Å². The van der Waals surface area contributed by atoms with Crippen LogP contribution in [0, 0.1) is 5.92 Å². The molecule has 1 amide bonds. The molecule has 1 fully saturated rings. The molecule has 1 aromatic carbocycles. The number of benzene rings is 1.